The van der Waals surface area contributed by atoms with Gasteiger partial charge in [0, 0.05) is 7.05 Å². The highest BCUT2D eigenvalue weighted by Gasteiger charge is 2.64. The van der Waals surface area contributed by atoms with Gasteiger partial charge in [0.05, 0.1) is 24.5 Å². The lowest BCUT2D eigenvalue weighted by atomic mass is 10.1. The van der Waals surface area contributed by atoms with Crippen LogP contribution in [0.25, 0.3) is 0 Å². The van der Waals surface area contributed by atoms with Gasteiger partial charge in [0.15, 0.2) is 18.0 Å². The van der Waals surface area contributed by atoms with Crippen LogP contribution in [0.3, 0.4) is 0 Å². The lowest BCUT2D eigenvalue weighted by Gasteiger charge is -2.26. The summed E-state index contributed by atoms with van der Waals surface area (Å²) in [5, 5.41) is 3.23. The molecule has 2 atom stereocenters. The summed E-state index contributed by atoms with van der Waals surface area (Å²) in [5.74, 6) is -2.33. The lowest BCUT2D eigenvalue weighted by molar-refractivity contribution is -0.217. The molecule has 0 radical (unpaired) electrons. The van der Waals surface area contributed by atoms with Crippen molar-refractivity contribution in [1.82, 2.24) is 9.78 Å². The summed E-state index contributed by atoms with van der Waals surface area (Å²) in [5.41, 5.74) is -2.53. The van der Waals surface area contributed by atoms with Gasteiger partial charge in [-0.2, -0.15) is 18.3 Å². The Kier molecular flexibility index (Phi) is 4.00. The molecule has 1 aromatic rings. The normalized spacial score (nSPS) is 26.7. The van der Waals surface area contributed by atoms with Crippen LogP contribution in [0, 0.1) is 0 Å². The van der Waals surface area contributed by atoms with Gasteiger partial charge in [0.25, 0.3) is 0 Å². The molecule has 0 bridgehead atoms. The van der Waals surface area contributed by atoms with Crippen LogP contribution in [0.1, 0.15) is 37.0 Å². The van der Waals surface area contributed by atoms with Crippen LogP contribution >= 0.6 is 0 Å². The van der Waals surface area contributed by atoms with E-state index in [1.165, 1.54) is 0 Å². The molecule has 1 fully saturated rings. The molecule has 0 saturated carbocycles. The van der Waals surface area contributed by atoms with Gasteiger partial charge in [-0.25, -0.2) is 8.78 Å². The number of nitrogens with zero attached hydrogens (tertiary/aromatic N) is 2. The Bertz CT molecular complexity index is 522. The number of alkyl halides is 5. The third-order valence-corrected chi connectivity index (χ3v) is 3.31. The molecule has 0 aromatic carbocycles. The number of hydrogen-bond donors (Lipinski definition) is 0. The van der Waals surface area contributed by atoms with E-state index in [1.807, 2.05) is 13.8 Å². The van der Waals surface area contributed by atoms with Crippen molar-refractivity contribution in [2.45, 2.75) is 38.2 Å². The van der Waals surface area contributed by atoms with Gasteiger partial charge in [-0.05, 0) is 0 Å². The van der Waals surface area contributed by atoms with Gasteiger partial charge in [0.1, 0.15) is 0 Å². The van der Waals surface area contributed by atoms with Crippen molar-refractivity contribution in [3.8, 4) is 0 Å². The zero-order chi connectivity index (χ0) is 16.0. The number of halogens is 5. The average molecular weight is 314 g/mol. The first-order chi connectivity index (χ1) is 9.79. The minimum atomic E-state index is -4.84. The molecular formula is C12H15F5N2O2. The average Bonchev–Trinajstić information content (AvgIpc) is 3.08. The van der Waals surface area contributed by atoms with E-state index in [0.717, 1.165) is 7.05 Å². The molecule has 1 aromatic heterocycles. The smallest absolute Gasteiger partial charge is 0.341 e. The molecule has 2 heterocycles. The molecule has 4 nitrogen and oxygen atoms in total. The van der Waals surface area contributed by atoms with Crippen molar-refractivity contribution < 1.29 is 31.4 Å². The van der Waals surface area contributed by atoms with E-state index in [-0.39, 0.29) is 13.2 Å². The minimum Gasteiger partial charge on any atom is -0.341 e. The fourth-order valence-corrected chi connectivity index (χ4v) is 2.60. The Morgan fingerprint density at radius 1 is 1.19 bits per heavy atom. The maximum absolute atomic E-state index is 14.0. The minimum absolute atomic E-state index is 0.0984. The molecule has 1 spiro atoms. The predicted molar refractivity (Wildman–Crippen MR) is 61.9 cm³/mol. The van der Waals surface area contributed by atoms with Gasteiger partial charge in [0.2, 0.25) is 5.79 Å². The van der Waals surface area contributed by atoms with Crippen LogP contribution in [0.5, 0.6) is 0 Å². The van der Waals surface area contributed by atoms with Crippen LogP contribution in [0.15, 0.2) is 0 Å². The predicted octanol–water partition coefficient (Wildman–Crippen LogP) is 3.03. The summed E-state index contributed by atoms with van der Waals surface area (Å²) in [6.45, 7) is 3.80. The molecule has 21 heavy (non-hydrogen) atoms. The van der Waals surface area contributed by atoms with Crippen molar-refractivity contribution >= 4 is 0 Å². The highest BCUT2D eigenvalue weighted by Crippen LogP contribution is 2.55. The Labute approximate surface area is 117 Å². The standard InChI is InChI=1S/C10H9F5N2O2.C2H6/c1-17-6-4(8(16-17)10(13,14)15)9(7(12)5(6)11)18-2-3-19-9;1-2/h5,7H,2-3H2,1H3;1-2H3. The zero-order valence-electron chi connectivity index (χ0n) is 11.7. The van der Waals surface area contributed by atoms with E-state index >= 15 is 0 Å². The third-order valence-electron chi connectivity index (χ3n) is 3.31. The summed E-state index contributed by atoms with van der Waals surface area (Å²) in [6, 6.07) is 0. The summed E-state index contributed by atoms with van der Waals surface area (Å²) in [6.07, 6.45) is -9.44. The van der Waals surface area contributed by atoms with Crippen molar-refractivity contribution in [2.24, 2.45) is 7.05 Å². The second-order valence-electron chi connectivity index (χ2n) is 4.40. The van der Waals surface area contributed by atoms with Gasteiger partial charge in [-0.1, -0.05) is 13.8 Å². The molecular weight excluding hydrogens is 299 g/mol. The van der Waals surface area contributed by atoms with Gasteiger partial charge < -0.3 is 9.47 Å². The van der Waals surface area contributed by atoms with E-state index in [9.17, 15) is 22.0 Å². The van der Waals surface area contributed by atoms with Gasteiger partial charge in [-0.3, -0.25) is 4.68 Å². The number of fused-ring (bicyclic) bond motifs is 2. The molecule has 1 aliphatic carbocycles. The Morgan fingerprint density at radius 3 is 2.19 bits per heavy atom. The molecule has 9 heteroatoms. The fraction of sp³-hybridized carbons (Fsp3) is 0.750. The number of aryl methyl sites for hydroxylation is 1. The topological polar surface area (TPSA) is 36.3 Å². The quantitative estimate of drug-likeness (QED) is 0.691. The maximum Gasteiger partial charge on any atom is 0.435 e. The zero-order valence-corrected chi connectivity index (χ0v) is 11.7. The Balaban J connectivity index is 0.000000774. The number of aromatic nitrogens is 2. The van der Waals surface area contributed by atoms with Crippen LogP contribution in [0.2, 0.25) is 0 Å². The first kappa shape index (κ1) is 16.2. The summed E-state index contributed by atoms with van der Waals surface area (Å²) < 4.78 is 77.3. The first-order valence-electron chi connectivity index (χ1n) is 6.49. The summed E-state index contributed by atoms with van der Waals surface area (Å²) in [7, 11) is 1.13. The SMILES string of the molecule is CC.Cn1nc(C(F)(F)F)c2c1C(F)C(F)C21OCCO1. The summed E-state index contributed by atoms with van der Waals surface area (Å²) >= 11 is 0. The van der Waals surface area contributed by atoms with E-state index in [1.54, 1.807) is 0 Å². The monoisotopic (exact) mass is 314 g/mol. The van der Waals surface area contributed by atoms with Crippen molar-refractivity contribution in [3.05, 3.63) is 17.0 Å². The first-order valence-corrected chi connectivity index (χ1v) is 6.49. The van der Waals surface area contributed by atoms with E-state index < -0.39 is 41.3 Å². The Hall–Kier alpha value is -1.22. The van der Waals surface area contributed by atoms with Crippen LogP contribution < -0.4 is 0 Å². The third kappa shape index (κ3) is 2.13. The lowest BCUT2D eigenvalue weighted by Crippen LogP contribution is -2.36. The molecule has 3 rings (SSSR count). The molecule has 1 aliphatic heterocycles. The molecule has 2 unspecified atom stereocenters. The van der Waals surface area contributed by atoms with Crippen LogP contribution in [0.4, 0.5) is 22.0 Å². The van der Waals surface area contributed by atoms with Gasteiger partial charge in [-0.15, -0.1) is 0 Å². The Morgan fingerprint density at radius 2 is 1.71 bits per heavy atom. The van der Waals surface area contributed by atoms with Crippen molar-refractivity contribution in [3.63, 3.8) is 0 Å². The van der Waals surface area contributed by atoms with Gasteiger partial charge >= 0.3 is 6.18 Å². The number of rotatable bonds is 0. The number of hydrogen-bond acceptors (Lipinski definition) is 3. The van der Waals surface area contributed by atoms with E-state index in [4.69, 9.17) is 9.47 Å². The van der Waals surface area contributed by atoms with E-state index in [0.29, 0.717) is 4.68 Å². The summed E-state index contributed by atoms with van der Waals surface area (Å²) in [4.78, 5) is 0. The second kappa shape index (κ2) is 5.20. The molecule has 120 valence electrons. The highest BCUT2D eigenvalue weighted by atomic mass is 19.4. The van der Waals surface area contributed by atoms with Crippen LogP contribution in [-0.4, -0.2) is 29.2 Å². The molecule has 2 aliphatic rings. The fourth-order valence-electron chi connectivity index (χ4n) is 2.60. The molecule has 1 saturated heterocycles. The van der Waals surface area contributed by atoms with E-state index in [2.05, 4.69) is 5.10 Å². The molecule has 0 amide bonds. The number of ether oxygens (including phenoxy) is 2. The maximum atomic E-state index is 14.0. The largest absolute Gasteiger partial charge is 0.435 e. The van der Waals surface area contributed by atoms with Crippen molar-refractivity contribution in [1.29, 1.82) is 0 Å². The van der Waals surface area contributed by atoms with Crippen molar-refractivity contribution in [2.75, 3.05) is 13.2 Å². The second-order valence-corrected chi connectivity index (χ2v) is 4.40. The van der Waals surface area contributed by atoms with Crippen LogP contribution in [-0.2, 0) is 28.5 Å². The molecule has 0 N–H and O–H groups in total. The highest BCUT2D eigenvalue weighted by molar-refractivity contribution is 5.42.